The van der Waals surface area contributed by atoms with E-state index in [9.17, 15) is 0 Å². The van der Waals surface area contributed by atoms with Gasteiger partial charge in [-0.25, -0.2) is 9.97 Å². The first-order valence-electron chi connectivity index (χ1n) is 5.31. The molecule has 0 fully saturated rings. The van der Waals surface area contributed by atoms with Crippen LogP contribution in [-0.4, -0.2) is 21.2 Å². The van der Waals surface area contributed by atoms with E-state index in [-0.39, 0.29) is 0 Å². The van der Waals surface area contributed by atoms with Crippen LogP contribution < -0.4 is 0 Å². The van der Waals surface area contributed by atoms with Gasteiger partial charge in [-0.15, -0.1) is 11.8 Å². The number of pyridine rings is 2. The maximum atomic E-state index is 4.37. The average molecular weight is 241 g/mol. The van der Waals surface area contributed by atoms with Crippen LogP contribution in [0.3, 0.4) is 0 Å². The monoisotopic (exact) mass is 241 g/mol. The van der Waals surface area contributed by atoms with Crippen LogP contribution in [0.15, 0.2) is 47.8 Å². The van der Waals surface area contributed by atoms with Crippen molar-refractivity contribution >= 4 is 22.8 Å². The Morgan fingerprint density at radius 3 is 2.82 bits per heavy atom. The predicted molar refractivity (Wildman–Crippen MR) is 71.1 cm³/mol. The number of hydrogen-bond donors (Lipinski definition) is 1. The van der Waals surface area contributed by atoms with Gasteiger partial charge in [0.1, 0.15) is 5.65 Å². The van der Waals surface area contributed by atoms with Gasteiger partial charge in [0, 0.05) is 29.0 Å². The van der Waals surface area contributed by atoms with Gasteiger partial charge in [-0.2, -0.15) is 0 Å². The summed E-state index contributed by atoms with van der Waals surface area (Å²) in [6, 6.07) is 10.2. The summed E-state index contributed by atoms with van der Waals surface area (Å²) in [4.78, 5) is 11.9. The van der Waals surface area contributed by atoms with Gasteiger partial charge >= 0.3 is 0 Å². The van der Waals surface area contributed by atoms with E-state index in [4.69, 9.17) is 0 Å². The lowest BCUT2D eigenvalue weighted by Gasteiger charge is -1.98. The molecule has 1 N–H and O–H groups in total. The summed E-state index contributed by atoms with van der Waals surface area (Å²) in [6.07, 6.45) is 5.70. The summed E-state index contributed by atoms with van der Waals surface area (Å²) in [7, 11) is 0. The molecule has 0 spiro atoms. The summed E-state index contributed by atoms with van der Waals surface area (Å²) in [5.74, 6) is 0. The molecule has 0 saturated heterocycles. The van der Waals surface area contributed by atoms with Gasteiger partial charge in [-0.05, 0) is 36.6 Å². The average Bonchev–Trinajstić information content (AvgIpc) is 2.82. The van der Waals surface area contributed by atoms with Gasteiger partial charge in [-0.3, -0.25) is 0 Å². The number of aromatic amines is 1. The SMILES string of the molecule is CSc1ccc(-c2cc3cccnc3[nH]2)cn1. The van der Waals surface area contributed by atoms with E-state index in [0.29, 0.717) is 0 Å². The third-order valence-corrected chi connectivity index (χ3v) is 3.31. The summed E-state index contributed by atoms with van der Waals surface area (Å²) in [5, 5.41) is 2.15. The Bertz CT molecular complexity index is 610. The number of nitrogens with zero attached hydrogens (tertiary/aromatic N) is 2. The van der Waals surface area contributed by atoms with Crippen molar-refractivity contribution < 1.29 is 0 Å². The van der Waals surface area contributed by atoms with E-state index in [1.165, 1.54) is 0 Å². The number of fused-ring (bicyclic) bond motifs is 1. The van der Waals surface area contributed by atoms with Crippen LogP contribution in [0.4, 0.5) is 0 Å². The first-order valence-corrected chi connectivity index (χ1v) is 6.53. The summed E-state index contributed by atoms with van der Waals surface area (Å²) in [6.45, 7) is 0. The maximum absolute atomic E-state index is 4.37. The summed E-state index contributed by atoms with van der Waals surface area (Å²) < 4.78 is 0. The quantitative estimate of drug-likeness (QED) is 0.699. The van der Waals surface area contributed by atoms with Gasteiger partial charge < -0.3 is 4.98 Å². The molecule has 0 amide bonds. The van der Waals surface area contributed by atoms with Crippen molar-refractivity contribution in [3.05, 3.63) is 42.7 Å². The molecule has 0 aromatic carbocycles. The number of rotatable bonds is 2. The molecule has 0 radical (unpaired) electrons. The fraction of sp³-hybridized carbons (Fsp3) is 0.0769. The molecule has 3 nitrogen and oxygen atoms in total. The van der Waals surface area contributed by atoms with Crippen molar-refractivity contribution in [2.24, 2.45) is 0 Å². The molecule has 3 aromatic rings. The Kier molecular flexibility index (Phi) is 2.57. The van der Waals surface area contributed by atoms with Crippen molar-refractivity contribution in [3.8, 4) is 11.3 Å². The van der Waals surface area contributed by atoms with Crippen molar-refractivity contribution in [2.75, 3.05) is 6.26 Å². The predicted octanol–water partition coefficient (Wildman–Crippen LogP) is 3.35. The summed E-state index contributed by atoms with van der Waals surface area (Å²) in [5.41, 5.74) is 3.05. The van der Waals surface area contributed by atoms with Crippen molar-refractivity contribution in [2.45, 2.75) is 5.03 Å². The number of H-pyrrole nitrogens is 1. The van der Waals surface area contributed by atoms with Crippen LogP contribution in [0.25, 0.3) is 22.3 Å². The zero-order valence-corrected chi connectivity index (χ0v) is 10.2. The molecule has 0 bridgehead atoms. The fourth-order valence-corrected chi connectivity index (χ4v) is 2.14. The molecule has 3 rings (SSSR count). The van der Waals surface area contributed by atoms with Crippen LogP contribution in [0.5, 0.6) is 0 Å². The first-order chi connectivity index (χ1) is 8.36. The highest BCUT2D eigenvalue weighted by atomic mass is 32.2. The minimum absolute atomic E-state index is 0.913. The van der Waals surface area contributed by atoms with Gasteiger partial charge in [0.2, 0.25) is 0 Å². The lowest BCUT2D eigenvalue weighted by Crippen LogP contribution is -1.82. The molecule has 0 aliphatic heterocycles. The highest BCUT2D eigenvalue weighted by Gasteiger charge is 2.03. The second-order valence-electron chi connectivity index (χ2n) is 3.71. The van der Waals surface area contributed by atoms with Gasteiger partial charge in [-0.1, -0.05) is 0 Å². The van der Waals surface area contributed by atoms with E-state index in [1.807, 2.05) is 30.7 Å². The number of hydrogen-bond acceptors (Lipinski definition) is 3. The topological polar surface area (TPSA) is 41.6 Å². The van der Waals surface area contributed by atoms with Crippen LogP contribution in [0, 0.1) is 0 Å². The standard InChI is InChI=1S/C13H11N3S/c1-17-12-5-4-10(8-15-12)11-7-9-3-2-6-14-13(9)16-11/h2-8H,1H3,(H,14,16). The second kappa shape index (κ2) is 4.22. The van der Waals surface area contributed by atoms with Crippen LogP contribution in [0.2, 0.25) is 0 Å². The number of aromatic nitrogens is 3. The molecule has 17 heavy (non-hydrogen) atoms. The third kappa shape index (κ3) is 1.91. The Labute approximate surface area is 103 Å². The lowest BCUT2D eigenvalue weighted by molar-refractivity contribution is 1.14. The largest absolute Gasteiger partial charge is 0.339 e. The molecular weight excluding hydrogens is 230 g/mol. The molecule has 0 saturated carbocycles. The molecule has 0 unspecified atom stereocenters. The third-order valence-electron chi connectivity index (χ3n) is 2.65. The van der Waals surface area contributed by atoms with Crippen molar-refractivity contribution in [1.82, 2.24) is 15.0 Å². The first kappa shape index (κ1) is 10.4. The van der Waals surface area contributed by atoms with E-state index in [1.54, 1.807) is 18.0 Å². The zero-order chi connectivity index (χ0) is 11.7. The molecule has 0 atom stereocenters. The minimum Gasteiger partial charge on any atom is -0.339 e. The Hall–Kier alpha value is -1.81. The van der Waals surface area contributed by atoms with E-state index < -0.39 is 0 Å². The van der Waals surface area contributed by atoms with Gasteiger partial charge in [0.15, 0.2) is 0 Å². The number of nitrogens with one attached hydrogen (secondary N) is 1. The highest BCUT2D eigenvalue weighted by Crippen LogP contribution is 2.23. The van der Waals surface area contributed by atoms with E-state index in [0.717, 1.165) is 27.3 Å². The normalized spacial score (nSPS) is 10.9. The second-order valence-corrected chi connectivity index (χ2v) is 4.54. The summed E-state index contributed by atoms with van der Waals surface area (Å²) >= 11 is 1.64. The minimum atomic E-state index is 0.913. The fourth-order valence-electron chi connectivity index (χ4n) is 1.77. The number of thioether (sulfide) groups is 1. The smallest absolute Gasteiger partial charge is 0.137 e. The van der Waals surface area contributed by atoms with Crippen molar-refractivity contribution in [1.29, 1.82) is 0 Å². The molecule has 84 valence electrons. The maximum Gasteiger partial charge on any atom is 0.137 e. The highest BCUT2D eigenvalue weighted by molar-refractivity contribution is 7.98. The Morgan fingerprint density at radius 1 is 1.18 bits per heavy atom. The molecule has 3 aromatic heterocycles. The Balaban J connectivity index is 2.07. The molecule has 0 aliphatic rings. The van der Waals surface area contributed by atoms with E-state index in [2.05, 4.69) is 27.1 Å². The lowest BCUT2D eigenvalue weighted by atomic mass is 10.2. The molecule has 4 heteroatoms. The zero-order valence-electron chi connectivity index (χ0n) is 9.34. The molecular formula is C13H11N3S. The van der Waals surface area contributed by atoms with Gasteiger partial charge in [0.05, 0.1) is 5.03 Å². The molecule has 3 heterocycles. The van der Waals surface area contributed by atoms with Crippen LogP contribution >= 0.6 is 11.8 Å². The molecule has 0 aliphatic carbocycles. The van der Waals surface area contributed by atoms with Crippen LogP contribution in [0.1, 0.15) is 0 Å². The van der Waals surface area contributed by atoms with Crippen molar-refractivity contribution in [3.63, 3.8) is 0 Å². The Morgan fingerprint density at radius 2 is 2.12 bits per heavy atom. The van der Waals surface area contributed by atoms with Crippen LogP contribution in [-0.2, 0) is 0 Å². The van der Waals surface area contributed by atoms with Gasteiger partial charge in [0.25, 0.3) is 0 Å². The van der Waals surface area contributed by atoms with E-state index >= 15 is 0 Å².